The largest absolute Gasteiger partial charge is 0.318 e. The smallest absolute Gasteiger partial charge is 0.245 e. The molecule has 0 bridgehead atoms. The molecule has 2 aromatic carbocycles. The fourth-order valence-corrected chi connectivity index (χ4v) is 2.41. The van der Waals surface area contributed by atoms with Gasteiger partial charge >= 0.3 is 0 Å². The number of para-hydroxylation sites is 1. The zero-order chi connectivity index (χ0) is 13.2. The van der Waals surface area contributed by atoms with Gasteiger partial charge in [0.15, 0.2) is 0 Å². The van der Waals surface area contributed by atoms with Crippen LogP contribution in [0.5, 0.6) is 0 Å². The van der Waals surface area contributed by atoms with Crippen molar-refractivity contribution in [2.24, 2.45) is 5.73 Å². The van der Waals surface area contributed by atoms with E-state index in [9.17, 15) is 4.79 Å². The maximum atomic E-state index is 11.8. The number of nitrogens with zero attached hydrogens (tertiary/aromatic N) is 1. The van der Waals surface area contributed by atoms with Crippen LogP contribution in [0, 0.1) is 0 Å². The molecule has 1 atom stereocenters. The number of carbonyl (C=O) groups excluding carboxylic acids is 1. The summed E-state index contributed by atoms with van der Waals surface area (Å²) in [5, 5.41) is 0. The molecule has 2 N–H and O–H groups in total. The summed E-state index contributed by atoms with van der Waals surface area (Å²) in [7, 11) is 0. The van der Waals surface area contributed by atoms with E-state index in [1.165, 1.54) is 5.56 Å². The van der Waals surface area contributed by atoms with E-state index in [4.69, 9.17) is 5.73 Å². The van der Waals surface area contributed by atoms with Crippen molar-refractivity contribution in [3.05, 3.63) is 65.7 Å². The van der Waals surface area contributed by atoms with Crippen LogP contribution in [0.4, 0.5) is 5.69 Å². The van der Waals surface area contributed by atoms with Crippen molar-refractivity contribution in [2.45, 2.75) is 12.5 Å². The molecule has 1 heterocycles. The first-order valence-corrected chi connectivity index (χ1v) is 6.44. The molecule has 3 rings (SSSR count). The molecule has 96 valence electrons. The van der Waals surface area contributed by atoms with Gasteiger partial charge < -0.3 is 10.6 Å². The number of hydrogen-bond donors (Lipinski definition) is 1. The van der Waals surface area contributed by atoms with Crippen molar-refractivity contribution in [2.75, 3.05) is 11.4 Å². The summed E-state index contributed by atoms with van der Waals surface area (Å²) in [5.74, 6) is 0.0144. The Morgan fingerprint density at radius 3 is 2.42 bits per heavy atom. The fraction of sp³-hybridized carbons (Fsp3) is 0.188. The second kappa shape index (κ2) is 4.86. The zero-order valence-corrected chi connectivity index (χ0v) is 10.6. The maximum Gasteiger partial charge on any atom is 0.245 e. The molecule has 0 aliphatic carbocycles. The number of hydrogen-bond acceptors (Lipinski definition) is 2. The molecule has 3 nitrogen and oxygen atoms in total. The first-order chi connectivity index (χ1) is 9.25. The minimum Gasteiger partial charge on any atom is -0.318 e. The molecule has 1 amide bonds. The molecule has 1 unspecified atom stereocenters. The summed E-state index contributed by atoms with van der Waals surface area (Å²) in [5.41, 5.74) is 9.05. The van der Waals surface area contributed by atoms with Gasteiger partial charge in [-0.15, -0.1) is 0 Å². The summed E-state index contributed by atoms with van der Waals surface area (Å²) in [6.45, 7) is 0.616. The highest BCUT2D eigenvalue weighted by molar-refractivity contribution is 6.04. The number of β-lactam (4-membered cyclic amide) rings is 1. The lowest BCUT2D eigenvalue weighted by Crippen LogP contribution is -2.61. The van der Waals surface area contributed by atoms with Crippen LogP contribution in [0.3, 0.4) is 0 Å². The van der Waals surface area contributed by atoms with E-state index in [1.807, 2.05) is 36.4 Å². The second-order valence-corrected chi connectivity index (χ2v) is 4.85. The van der Waals surface area contributed by atoms with Gasteiger partial charge in [0, 0.05) is 5.69 Å². The van der Waals surface area contributed by atoms with E-state index < -0.39 is 0 Å². The Hall–Kier alpha value is -2.13. The molecule has 3 heteroatoms. The van der Waals surface area contributed by atoms with Gasteiger partial charge in [0.25, 0.3) is 0 Å². The lowest BCUT2D eigenvalue weighted by molar-refractivity contribution is -0.123. The van der Waals surface area contributed by atoms with Crippen LogP contribution in [-0.2, 0) is 11.2 Å². The van der Waals surface area contributed by atoms with E-state index >= 15 is 0 Å². The molecular formula is C16H16N2O. The van der Waals surface area contributed by atoms with Crippen molar-refractivity contribution in [1.29, 1.82) is 0 Å². The lowest BCUT2D eigenvalue weighted by atomic mass is 9.99. The third kappa shape index (κ3) is 2.25. The summed E-state index contributed by atoms with van der Waals surface area (Å²) in [6.07, 6.45) is 0.829. The Bertz CT molecular complexity index is 595. The fourth-order valence-electron chi connectivity index (χ4n) is 2.41. The molecule has 0 spiro atoms. The quantitative estimate of drug-likeness (QED) is 0.849. The van der Waals surface area contributed by atoms with E-state index in [-0.39, 0.29) is 11.9 Å². The van der Waals surface area contributed by atoms with Crippen molar-refractivity contribution in [1.82, 2.24) is 0 Å². The Kier molecular flexibility index (Phi) is 3.05. The summed E-state index contributed by atoms with van der Waals surface area (Å²) in [4.78, 5) is 13.5. The normalized spacial score (nSPS) is 18.3. The van der Waals surface area contributed by atoms with E-state index in [2.05, 4.69) is 18.2 Å². The van der Waals surface area contributed by atoms with Gasteiger partial charge in [0.2, 0.25) is 5.91 Å². The summed E-state index contributed by atoms with van der Waals surface area (Å²) in [6, 6.07) is 18.0. The number of rotatable bonds is 3. The zero-order valence-electron chi connectivity index (χ0n) is 10.6. The third-order valence-electron chi connectivity index (χ3n) is 3.48. The van der Waals surface area contributed by atoms with Gasteiger partial charge in [-0.25, -0.2) is 0 Å². The molecule has 1 aliphatic rings. The predicted octanol–water partition coefficient (Wildman–Crippen LogP) is 1.95. The van der Waals surface area contributed by atoms with Crippen LogP contribution in [-0.4, -0.2) is 18.5 Å². The van der Waals surface area contributed by atoms with Gasteiger partial charge in [-0.05, 0) is 23.6 Å². The SMILES string of the molecule is NC1CN(c2ccccc2Cc2ccccc2)C1=O. The molecule has 1 saturated heterocycles. The Morgan fingerprint density at radius 2 is 1.74 bits per heavy atom. The summed E-state index contributed by atoms with van der Waals surface area (Å²) >= 11 is 0. The predicted molar refractivity (Wildman–Crippen MR) is 76.0 cm³/mol. The van der Waals surface area contributed by atoms with E-state index in [0.29, 0.717) is 6.54 Å². The number of carbonyl (C=O) groups is 1. The van der Waals surface area contributed by atoms with Gasteiger partial charge in [-0.2, -0.15) is 0 Å². The first-order valence-electron chi connectivity index (χ1n) is 6.44. The maximum absolute atomic E-state index is 11.8. The van der Waals surface area contributed by atoms with Crippen LogP contribution in [0.25, 0.3) is 0 Å². The Balaban J connectivity index is 1.88. The van der Waals surface area contributed by atoms with Crippen molar-refractivity contribution < 1.29 is 4.79 Å². The Labute approximate surface area is 112 Å². The molecular weight excluding hydrogens is 236 g/mol. The minimum atomic E-state index is -0.329. The average molecular weight is 252 g/mol. The second-order valence-electron chi connectivity index (χ2n) is 4.85. The van der Waals surface area contributed by atoms with Crippen LogP contribution >= 0.6 is 0 Å². The van der Waals surface area contributed by atoms with Crippen LogP contribution in [0.2, 0.25) is 0 Å². The van der Waals surface area contributed by atoms with Crippen molar-refractivity contribution >= 4 is 11.6 Å². The minimum absolute atomic E-state index is 0.0144. The highest BCUT2D eigenvalue weighted by atomic mass is 16.2. The van der Waals surface area contributed by atoms with Gasteiger partial charge in [-0.1, -0.05) is 48.5 Å². The third-order valence-corrected chi connectivity index (χ3v) is 3.48. The number of amides is 1. The molecule has 1 aliphatic heterocycles. The first kappa shape index (κ1) is 11.9. The van der Waals surface area contributed by atoms with Gasteiger partial charge in [-0.3, -0.25) is 4.79 Å². The monoisotopic (exact) mass is 252 g/mol. The lowest BCUT2D eigenvalue weighted by Gasteiger charge is -2.37. The molecule has 0 aromatic heterocycles. The standard InChI is InChI=1S/C16H16N2O/c17-14-11-18(16(14)19)15-9-5-4-8-13(15)10-12-6-2-1-3-7-12/h1-9,14H,10-11,17H2. The number of anilines is 1. The molecule has 2 aromatic rings. The number of benzene rings is 2. The molecule has 0 saturated carbocycles. The average Bonchev–Trinajstić information content (AvgIpc) is 2.46. The molecule has 0 radical (unpaired) electrons. The van der Waals surface area contributed by atoms with Crippen LogP contribution < -0.4 is 10.6 Å². The van der Waals surface area contributed by atoms with Gasteiger partial charge in [0.05, 0.1) is 6.54 Å². The highest BCUT2D eigenvalue weighted by Crippen LogP contribution is 2.27. The molecule has 1 fully saturated rings. The van der Waals surface area contributed by atoms with E-state index in [0.717, 1.165) is 17.7 Å². The topological polar surface area (TPSA) is 46.3 Å². The van der Waals surface area contributed by atoms with Crippen molar-refractivity contribution in [3.8, 4) is 0 Å². The Morgan fingerprint density at radius 1 is 1.05 bits per heavy atom. The van der Waals surface area contributed by atoms with Crippen molar-refractivity contribution in [3.63, 3.8) is 0 Å². The highest BCUT2D eigenvalue weighted by Gasteiger charge is 2.35. The van der Waals surface area contributed by atoms with Crippen LogP contribution in [0.15, 0.2) is 54.6 Å². The number of nitrogens with two attached hydrogens (primary N) is 1. The summed E-state index contributed by atoms with van der Waals surface area (Å²) < 4.78 is 0. The van der Waals surface area contributed by atoms with Crippen LogP contribution in [0.1, 0.15) is 11.1 Å². The molecule has 19 heavy (non-hydrogen) atoms. The van der Waals surface area contributed by atoms with E-state index in [1.54, 1.807) is 4.90 Å². The van der Waals surface area contributed by atoms with Gasteiger partial charge in [0.1, 0.15) is 6.04 Å².